The molecule has 0 radical (unpaired) electrons. The van der Waals surface area contributed by atoms with Crippen molar-refractivity contribution < 1.29 is 3.89 Å². The van der Waals surface area contributed by atoms with Gasteiger partial charge in [-0.25, -0.2) is 4.98 Å². The summed E-state index contributed by atoms with van der Waals surface area (Å²) < 4.78 is 12.5. The zero-order chi connectivity index (χ0) is 14.2. The summed E-state index contributed by atoms with van der Waals surface area (Å²) >= 11 is 0.245. The van der Waals surface area contributed by atoms with Crippen molar-refractivity contribution in [3.05, 3.63) is 54.9 Å². The zero-order valence-electron chi connectivity index (χ0n) is 10.9. The minimum atomic E-state index is 0.245. The Kier molecular flexibility index (Phi) is 2.86. The van der Waals surface area contributed by atoms with Gasteiger partial charge in [-0.2, -0.15) is 3.89 Å². The normalized spacial score (nSPS) is 11.3. The van der Waals surface area contributed by atoms with Gasteiger partial charge in [0.05, 0.1) is 23.4 Å². The molecule has 0 aliphatic rings. The highest BCUT2D eigenvalue weighted by Gasteiger charge is 2.07. The first kappa shape index (κ1) is 12.3. The molecule has 0 saturated carbocycles. The topological polar surface area (TPSA) is 41.6 Å². The lowest BCUT2D eigenvalue weighted by molar-refractivity contribution is 0.934. The molecular formula is C16H10FN3S. The van der Waals surface area contributed by atoms with E-state index in [1.54, 1.807) is 18.3 Å². The molecular weight excluding hydrogens is 285 g/mol. The molecule has 21 heavy (non-hydrogen) atoms. The highest BCUT2D eigenvalue weighted by Crippen LogP contribution is 2.27. The fourth-order valence-corrected chi connectivity index (χ4v) is 2.69. The molecule has 0 bridgehead atoms. The van der Waals surface area contributed by atoms with Gasteiger partial charge in [-0.3, -0.25) is 4.98 Å². The minimum absolute atomic E-state index is 0.245. The molecule has 0 unspecified atom stereocenters. The van der Waals surface area contributed by atoms with Gasteiger partial charge < -0.3 is 4.98 Å². The van der Waals surface area contributed by atoms with Crippen molar-refractivity contribution in [3.63, 3.8) is 0 Å². The standard InChI is InChI=1S/C16H10FN3S/c17-21-11-3-1-10(2-4-11)14-6-5-12-13-9-18-8-7-15(13)20-16(12)19-14/h1-9H,(H,19,20). The summed E-state index contributed by atoms with van der Waals surface area (Å²) in [6.07, 6.45) is 3.59. The number of aromatic nitrogens is 3. The van der Waals surface area contributed by atoms with E-state index in [0.717, 1.165) is 33.2 Å². The van der Waals surface area contributed by atoms with E-state index in [1.165, 1.54) is 0 Å². The van der Waals surface area contributed by atoms with E-state index in [2.05, 4.69) is 15.0 Å². The highest BCUT2D eigenvalue weighted by atomic mass is 32.2. The van der Waals surface area contributed by atoms with Crippen LogP contribution in [0.1, 0.15) is 0 Å². The van der Waals surface area contributed by atoms with Crippen LogP contribution in [0.4, 0.5) is 3.89 Å². The van der Waals surface area contributed by atoms with Gasteiger partial charge in [0.1, 0.15) is 5.65 Å². The smallest absolute Gasteiger partial charge is 0.139 e. The molecule has 0 aliphatic carbocycles. The lowest BCUT2D eigenvalue weighted by Crippen LogP contribution is -1.84. The number of fused-ring (bicyclic) bond motifs is 3. The molecule has 0 fully saturated rings. The summed E-state index contributed by atoms with van der Waals surface area (Å²) in [6.45, 7) is 0. The maximum atomic E-state index is 12.5. The quantitative estimate of drug-likeness (QED) is 0.580. The minimum Gasteiger partial charge on any atom is -0.339 e. The van der Waals surface area contributed by atoms with Gasteiger partial charge in [0.15, 0.2) is 0 Å². The van der Waals surface area contributed by atoms with E-state index in [0.29, 0.717) is 4.90 Å². The highest BCUT2D eigenvalue weighted by molar-refractivity contribution is 7.94. The summed E-state index contributed by atoms with van der Waals surface area (Å²) in [6, 6.07) is 13.2. The van der Waals surface area contributed by atoms with Crippen molar-refractivity contribution in [2.45, 2.75) is 4.90 Å². The lowest BCUT2D eigenvalue weighted by Gasteiger charge is -2.01. The van der Waals surface area contributed by atoms with Crippen molar-refractivity contribution in [2.75, 3.05) is 0 Å². The summed E-state index contributed by atoms with van der Waals surface area (Å²) in [5.41, 5.74) is 3.68. The van der Waals surface area contributed by atoms with Crippen molar-refractivity contribution in [1.29, 1.82) is 0 Å². The Morgan fingerprint density at radius 3 is 2.62 bits per heavy atom. The number of hydrogen-bond acceptors (Lipinski definition) is 3. The maximum absolute atomic E-state index is 12.5. The van der Waals surface area contributed by atoms with Crippen LogP contribution in [-0.4, -0.2) is 15.0 Å². The monoisotopic (exact) mass is 295 g/mol. The molecule has 4 rings (SSSR count). The second kappa shape index (κ2) is 4.86. The number of rotatable bonds is 2. The molecule has 0 amide bonds. The average Bonchev–Trinajstić information content (AvgIpc) is 2.92. The Labute approximate surface area is 124 Å². The van der Waals surface area contributed by atoms with E-state index < -0.39 is 0 Å². The van der Waals surface area contributed by atoms with Gasteiger partial charge >= 0.3 is 0 Å². The van der Waals surface area contributed by atoms with E-state index in [9.17, 15) is 3.89 Å². The molecule has 1 aromatic carbocycles. The zero-order valence-corrected chi connectivity index (χ0v) is 11.7. The second-order valence-electron chi connectivity index (χ2n) is 4.74. The summed E-state index contributed by atoms with van der Waals surface area (Å²) in [7, 11) is 0. The van der Waals surface area contributed by atoms with Gasteiger partial charge in [-0.05, 0) is 30.3 Å². The average molecular weight is 295 g/mol. The molecule has 0 saturated heterocycles. The molecule has 102 valence electrons. The van der Waals surface area contributed by atoms with Crippen LogP contribution in [0, 0.1) is 0 Å². The van der Waals surface area contributed by atoms with Crippen LogP contribution in [0.5, 0.6) is 0 Å². The number of pyridine rings is 2. The summed E-state index contributed by atoms with van der Waals surface area (Å²) in [5, 5.41) is 2.12. The predicted octanol–water partition coefficient (Wildman–Crippen LogP) is 4.75. The molecule has 4 aromatic rings. The first-order chi connectivity index (χ1) is 10.3. The second-order valence-corrected chi connectivity index (χ2v) is 5.37. The summed E-state index contributed by atoms with van der Waals surface area (Å²) in [5.74, 6) is 0. The van der Waals surface area contributed by atoms with Gasteiger partial charge in [0, 0.05) is 33.6 Å². The molecule has 5 heteroatoms. The SMILES string of the molecule is FSc1ccc(-c2ccc3c(n2)[nH]c2ccncc23)cc1. The van der Waals surface area contributed by atoms with E-state index >= 15 is 0 Å². The molecule has 3 aromatic heterocycles. The van der Waals surface area contributed by atoms with Crippen LogP contribution in [0.3, 0.4) is 0 Å². The van der Waals surface area contributed by atoms with Crippen LogP contribution in [0.15, 0.2) is 59.8 Å². The number of nitrogens with zero attached hydrogens (tertiary/aromatic N) is 2. The predicted molar refractivity (Wildman–Crippen MR) is 83.8 cm³/mol. The Morgan fingerprint density at radius 2 is 1.81 bits per heavy atom. The number of H-pyrrole nitrogens is 1. The number of aromatic amines is 1. The van der Waals surface area contributed by atoms with Crippen LogP contribution >= 0.6 is 12.1 Å². The number of halogens is 1. The van der Waals surface area contributed by atoms with Crippen molar-refractivity contribution >= 4 is 34.1 Å². The Hall–Kier alpha value is -2.40. The third-order valence-corrected chi connectivity index (χ3v) is 3.95. The van der Waals surface area contributed by atoms with Crippen molar-refractivity contribution in [2.24, 2.45) is 0 Å². The van der Waals surface area contributed by atoms with Crippen LogP contribution in [0.25, 0.3) is 33.2 Å². The van der Waals surface area contributed by atoms with Crippen LogP contribution in [0.2, 0.25) is 0 Å². The summed E-state index contributed by atoms with van der Waals surface area (Å²) in [4.78, 5) is 12.7. The third kappa shape index (κ3) is 2.06. The fraction of sp³-hybridized carbons (Fsp3) is 0. The molecule has 0 aliphatic heterocycles. The molecule has 3 heterocycles. The van der Waals surface area contributed by atoms with Crippen molar-refractivity contribution in [1.82, 2.24) is 15.0 Å². The first-order valence-corrected chi connectivity index (χ1v) is 7.18. The molecule has 0 spiro atoms. The van der Waals surface area contributed by atoms with E-state index in [1.807, 2.05) is 36.5 Å². The first-order valence-electron chi connectivity index (χ1n) is 6.46. The molecule has 1 N–H and O–H groups in total. The largest absolute Gasteiger partial charge is 0.339 e. The lowest BCUT2D eigenvalue weighted by atomic mass is 10.1. The van der Waals surface area contributed by atoms with Crippen LogP contribution in [-0.2, 0) is 0 Å². The Morgan fingerprint density at radius 1 is 0.952 bits per heavy atom. The molecule has 3 nitrogen and oxygen atoms in total. The number of nitrogens with one attached hydrogen (secondary N) is 1. The van der Waals surface area contributed by atoms with Gasteiger partial charge in [0.2, 0.25) is 0 Å². The van der Waals surface area contributed by atoms with Gasteiger partial charge in [-0.1, -0.05) is 12.1 Å². The Bertz CT molecular complexity index is 931. The maximum Gasteiger partial charge on any atom is 0.139 e. The number of hydrogen-bond donors (Lipinski definition) is 1. The van der Waals surface area contributed by atoms with Crippen molar-refractivity contribution in [3.8, 4) is 11.3 Å². The van der Waals surface area contributed by atoms with Gasteiger partial charge in [-0.15, -0.1) is 0 Å². The van der Waals surface area contributed by atoms with Gasteiger partial charge in [0.25, 0.3) is 0 Å². The Balaban J connectivity index is 1.87. The van der Waals surface area contributed by atoms with Crippen LogP contribution < -0.4 is 0 Å². The fourth-order valence-electron chi connectivity index (χ4n) is 2.46. The number of benzene rings is 1. The third-order valence-electron chi connectivity index (χ3n) is 3.50. The van der Waals surface area contributed by atoms with E-state index in [-0.39, 0.29) is 12.1 Å². The molecule has 0 atom stereocenters. The van der Waals surface area contributed by atoms with E-state index in [4.69, 9.17) is 0 Å².